The summed E-state index contributed by atoms with van der Waals surface area (Å²) in [6.45, 7) is 5.01. The molecule has 0 bridgehead atoms. The molecule has 0 radical (unpaired) electrons. The lowest BCUT2D eigenvalue weighted by atomic mass is 9.85. The van der Waals surface area contributed by atoms with Crippen molar-refractivity contribution in [1.82, 2.24) is 25.6 Å². The Balaban J connectivity index is 0.723. The lowest BCUT2D eigenvalue weighted by molar-refractivity contribution is -0.123. The molecule has 4 aromatic rings. The number of pyridine rings is 2. The zero-order valence-electron chi connectivity index (χ0n) is 28.4. The molecule has 13 heteroatoms. The number of benzene rings is 1. The number of aromatic nitrogens is 3. The molecule has 1 aliphatic carbocycles. The standard InChI is InChI=1S/C37H47N5O8/c43-36(34-22-27-4-1-2-6-32(27)41-34)39-12-13-44-14-15-45-16-17-46-18-19-47-20-21-48-31-8-7-29(40-25-31)26-49-30-9-10-35-33(23-30)42-37(50-35)28-5-3-11-38-24-28/h3,5,7-11,23-25,27,32,34,41H,1-2,4,6,12-22,26H2,(H,39,43)/t27-,32-,34-/m0/s1. The molecule has 1 amide bonds. The maximum Gasteiger partial charge on any atom is 0.237 e. The van der Waals surface area contributed by atoms with E-state index in [2.05, 4.69) is 25.6 Å². The van der Waals surface area contributed by atoms with Gasteiger partial charge >= 0.3 is 0 Å². The van der Waals surface area contributed by atoms with Crippen molar-refractivity contribution in [2.75, 3.05) is 66.0 Å². The SMILES string of the molecule is O=C(NCCOCCOCCOCCOCCOc1ccc(COc2ccc3oc(-c4cccnc4)nc3c2)nc1)[C@@H]1C[C@@H]2CCCC[C@@H]2N1. The van der Waals surface area contributed by atoms with Crippen molar-refractivity contribution >= 4 is 17.0 Å². The Kier molecular flexibility index (Phi) is 13.8. The van der Waals surface area contributed by atoms with E-state index < -0.39 is 0 Å². The number of carbonyl (C=O) groups excluding carboxylic acids is 1. The molecule has 3 aromatic heterocycles. The highest BCUT2D eigenvalue weighted by Gasteiger charge is 2.37. The van der Waals surface area contributed by atoms with Crippen LogP contribution in [-0.2, 0) is 30.3 Å². The molecule has 0 spiro atoms. The summed E-state index contributed by atoms with van der Waals surface area (Å²) in [5.74, 6) is 2.60. The zero-order valence-corrected chi connectivity index (χ0v) is 28.4. The Morgan fingerprint density at radius 2 is 1.60 bits per heavy atom. The van der Waals surface area contributed by atoms with Crippen LogP contribution in [0, 0.1) is 5.92 Å². The monoisotopic (exact) mass is 689 g/mol. The normalized spacial score (nSPS) is 18.6. The summed E-state index contributed by atoms with van der Waals surface area (Å²) < 4.78 is 39.7. The first-order valence-corrected chi connectivity index (χ1v) is 17.6. The third-order valence-corrected chi connectivity index (χ3v) is 8.79. The predicted octanol–water partition coefficient (Wildman–Crippen LogP) is 4.35. The molecule has 50 heavy (non-hydrogen) atoms. The second-order valence-corrected chi connectivity index (χ2v) is 12.4. The molecule has 6 rings (SSSR count). The van der Waals surface area contributed by atoms with Gasteiger partial charge in [0.25, 0.3) is 0 Å². The summed E-state index contributed by atoms with van der Waals surface area (Å²) >= 11 is 0. The van der Waals surface area contributed by atoms with Crippen LogP contribution in [0.2, 0.25) is 0 Å². The Hall–Kier alpha value is -4.14. The fourth-order valence-electron chi connectivity index (χ4n) is 6.22. The second-order valence-electron chi connectivity index (χ2n) is 12.4. The van der Waals surface area contributed by atoms with E-state index in [1.165, 1.54) is 25.7 Å². The molecular weight excluding hydrogens is 642 g/mol. The number of ether oxygens (including phenoxy) is 6. The highest BCUT2D eigenvalue weighted by Crippen LogP contribution is 2.33. The lowest BCUT2D eigenvalue weighted by Crippen LogP contribution is -2.44. The minimum absolute atomic E-state index is 0.0526. The topological polar surface area (TPSA) is 148 Å². The van der Waals surface area contributed by atoms with Crippen LogP contribution in [-0.4, -0.2) is 98.9 Å². The molecule has 1 aliphatic heterocycles. The number of nitrogens with one attached hydrogen (secondary N) is 2. The lowest BCUT2D eigenvalue weighted by Gasteiger charge is -2.24. The first-order chi connectivity index (χ1) is 24.7. The van der Waals surface area contributed by atoms with Crippen LogP contribution < -0.4 is 20.1 Å². The Bertz CT molecular complexity index is 1570. The van der Waals surface area contributed by atoms with E-state index in [1.54, 1.807) is 18.6 Å². The zero-order chi connectivity index (χ0) is 34.2. The minimum atomic E-state index is -0.0526. The highest BCUT2D eigenvalue weighted by atomic mass is 16.6. The van der Waals surface area contributed by atoms with E-state index in [0.717, 1.165) is 17.7 Å². The fourth-order valence-corrected chi connectivity index (χ4v) is 6.22. The summed E-state index contributed by atoms with van der Waals surface area (Å²) in [7, 11) is 0. The van der Waals surface area contributed by atoms with E-state index in [1.807, 2.05) is 42.5 Å². The van der Waals surface area contributed by atoms with Gasteiger partial charge < -0.3 is 43.5 Å². The van der Waals surface area contributed by atoms with E-state index in [9.17, 15) is 4.79 Å². The summed E-state index contributed by atoms with van der Waals surface area (Å²) in [5, 5.41) is 6.49. The molecule has 1 saturated heterocycles. The third kappa shape index (κ3) is 10.9. The van der Waals surface area contributed by atoms with Gasteiger partial charge in [-0.25, -0.2) is 4.98 Å². The highest BCUT2D eigenvalue weighted by molar-refractivity contribution is 5.82. The minimum Gasteiger partial charge on any atom is -0.490 e. The van der Waals surface area contributed by atoms with Crippen molar-refractivity contribution in [3.05, 3.63) is 66.7 Å². The van der Waals surface area contributed by atoms with Gasteiger partial charge in [0.1, 0.15) is 30.2 Å². The summed E-state index contributed by atoms with van der Waals surface area (Å²) in [6.07, 6.45) is 11.1. The van der Waals surface area contributed by atoms with E-state index in [0.29, 0.717) is 113 Å². The fraction of sp³-hybridized carbons (Fsp3) is 0.514. The van der Waals surface area contributed by atoms with Gasteiger partial charge in [-0.3, -0.25) is 14.8 Å². The Morgan fingerprint density at radius 1 is 0.840 bits per heavy atom. The second kappa shape index (κ2) is 19.3. The molecule has 2 N–H and O–H groups in total. The maximum absolute atomic E-state index is 12.4. The number of carbonyl (C=O) groups is 1. The van der Waals surface area contributed by atoms with Crippen LogP contribution in [0.5, 0.6) is 11.5 Å². The number of rotatable bonds is 21. The average molecular weight is 690 g/mol. The van der Waals surface area contributed by atoms with Gasteiger partial charge in [-0.2, -0.15) is 0 Å². The van der Waals surface area contributed by atoms with Crippen LogP contribution in [0.15, 0.2) is 65.5 Å². The largest absolute Gasteiger partial charge is 0.490 e. The summed E-state index contributed by atoms with van der Waals surface area (Å²) in [5.41, 5.74) is 2.98. The molecule has 1 saturated carbocycles. The molecule has 2 aliphatic rings. The van der Waals surface area contributed by atoms with Gasteiger partial charge in [0.15, 0.2) is 5.58 Å². The smallest absolute Gasteiger partial charge is 0.237 e. The van der Waals surface area contributed by atoms with Crippen molar-refractivity contribution in [3.63, 3.8) is 0 Å². The van der Waals surface area contributed by atoms with Gasteiger partial charge in [0, 0.05) is 31.0 Å². The van der Waals surface area contributed by atoms with E-state index in [4.69, 9.17) is 32.8 Å². The number of hydrogen-bond acceptors (Lipinski definition) is 12. The first kappa shape index (κ1) is 35.7. The molecule has 2 fully saturated rings. The average Bonchev–Trinajstić information content (AvgIpc) is 3.79. The van der Waals surface area contributed by atoms with Crippen molar-refractivity contribution < 1.29 is 37.6 Å². The number of hydrogen-bond donors (Lipinski definition) is 2. The van der Waals surface area contributed by atoms with Gasteiger partial charge in [-0.05, 0) is 61.6 Å². The summed E-state index contributed by atoms with van der Waals surface area (Å²) in [4.78, 5) is 25.5. The molecule has 4 heterocycles. The predicted molar refractivity (Wildman–Crippen MR) is 185 cm³/mol. The number of amides is 1. The molecule has 0 unspecified atom stereocenters. The van der Waals surface area contributed by atoms with Crippen molar-refractivity contribution in [2.24, 2.45) is 5.92 Å². The Labute approximate surface area is 292 Å². The van der Waals surface area contributed by atoms with E-state index >= 15 is 0 Å². The van der Waals surface area contributed by atoms with Crippen LogP contribution in [0.4, 0.5) is 0 Å². The van der Waals surface area contributed by atoms with Crippen LogP contribution in [0.1, 0.15) is 37.8 Å². The molecule has 1 aromatic carbocycles. The van der Waals surface area contributed by atoms with Gasteiger partial charge in [0.2, 0.25) is 11.8 Å². The number of fused-ring (bicyclic) bond motifs is 2. The van der Waals surface area contributed by atoms with Gasteiger partial charge in [-0.1, -0.05) is 12.8 Å². The van der Waals surface area contributed by atoms with Gasteiger partial charge in [-0.15, -0.1) is 0 Å². The maximum atomic E-state index is 12.4. The van der Waals surface area contributed by atoms with Crippen molar-refractivity contribution in [2.45, 2.75) is 50.8 Å². The van der Waals surface area contributed by atoms with Crippen LogP contribution >= 0.6 is 0 Å². The van der Waals surface area contributed by atoms with Crippen LogP contribution in [0.25, 0.3) is 22.6 Å². The molecule has 268 valence electrons. The number of oxazole rings is 1. The van der Waals surface area contributed by atoms with E-state index in [-0.39, 0.29) is 11.9 Å². The molecule has 3 atom stereocenters. The Morgan fingerprint density at radius 3 is 2.34 bits per heavy atom. The third-order valence-electron chi connectivity index (χ3n) is 8.79. The first-order valence-electron chi connectivity index (χ1n) is 17.6. The van der Waals surface area contributed by atoms with Crippen molar-refractivity contribution in [3.8, 4) is 23.0 Å². The summed E-state index contributed by atoms with van der Waals surface area (Å²) in [6, 6.07) is 13.5. The van der Waals surface area contributed by atoms with Crippen LogP contribution in [0.3, 0.4) is 0 Å². The molecular formula is C37H47N5O8. The van der Waals surface area contributed by atoms with Crippen molar-refractivity contribution in [1.29, 1.82) is 0 Å². The quantitative estimate of drug-likeness (QED) is 0.120. The van der Waals surface area contributed by atoms with Gasteiger partial charge in [0.05, 0.1) is 76.4 Å². The molecule has 13 nitrogen and oxygen atoms in total. The number of nitrogens with zero attached hydrogens (tertiary/aromatic N) is 3.